The van der Waals surface area contributed by atoms with Crippen LogP contribution in [0, 0.1) is 0 Å². The molecule has 1 N–H and O–H groups in total. The van der Waals surface area contributed by atoms with Gasteiger partial charge in [0.25, 0.3) is 0 Å². The second-order valence-electron chi connectivity index (χ2n) is 7.20. The van der Waals surface area contributed by atoms with Crippen LogP contribution in [0.25, 0.3) is 10.2 Å². The second-order valence-corrected chi connectivity index (χ2v) is 10.6. The van der Waals surface area contributed by atoms with E-state index in [0.717, 1.165) is 21.6 Å². The Morgan fingerprint density at radius 1 is 0.969 bits per heavy atom. The Hall–Kier alpha value is -2.94. The molecule has 0 aliphatic heterocycles. The number of halogens is 1. The molecule has 0 radical (unpaired) electrons. The summed E-state index contributed by atoms with van der Waals surface area (Å²) in [5, 5.41) is 3.29. The van der Waals surface area contributed by atoms with Crippen molar-refractivity contribution >= 4 is 54.6 Å². The van der Waals surface area contributed by atoms with Gasteiger partial charge in [-0.2, -0.15) is 0 Å². The molecule has 3 aromatic carbocycles. The molecule has 4 rings (SSSR count). The predicted octanol–water partition coefficient (Wildman–Crippen LogP) is 4.72. The fraction of sp³-hybridized carbons (Fsp3) is 0.130. The molecule has 0 unspecified atom stereocenters. The van der Waals surface area contributed by atoms with Crippen molar-refractivity contribution in [3.8, 4) is 0 Å². The maximum atomic E-state index is 12.6. The van der Waals surface area contributed by atoms with Gasteiger partial charge >= 0.3 is 4.87 Å². The summed E-state index contributed by atoms with van der Waals surface area (Å²) in [6.45, 7) is 0.266. The minimum Gasteiger partial charge on any atom is -0.326 e. The van der Waals surface area contributed by atoms with E-state index in [0.29, 0.717) is 16.3 Å². The largest absolute Gasteiger partial charge is 0.326 e. The van der Waals surface area contributed by atoms with Crippen molar-refractivity contribution in [3.05, 3.63) is 93.0 Å². The minimum absolute atomic E-state index is 0.103. The third-order valence-electron chi connectivity index (χ3n) is 4.90. The minimum atomic E-state index is -3.53. The summed E-state index contributed by atoms with van der Waals surface area (Å²) >= 11 is 7.00. The van der Waals surface area contributed by atoms with E-state index in [4.69, 9.17) is 11.6 Å². The van der Waals surface area contributed by atoms with Crippen molar-refractivity contribution < 1.29 is 13.2 Å². The van der Waals surface area contributed by atoms with E-state index in [1.807, 2.05) is 24.3 Å². The maximum absolute atomic E-state index is 12.6. The molecule has 164 valence electrons. The van der Waals surface area contributed by atoms with Crippen molar-refractivity contribution in [3.63, 3.8) is 0 Å². The molecule has 9 heteroatoms. The van der Waals surface area contributed by atoms with Crippen molar-refractivity contribution in [1.29, 1.82) is 0 Å². The van der Waals surface area contributed by atoms with Gasteiger partial charge in [0.1, 0.15) is 0 Å². The first-order chi connectivity index (χ1) is 15.3. The Balaban J connectivity index is 1.38. The van der Waals surface area contributed by atoms with Crippen molar-refractivity contribution in [1.82, 2.24) is 4.57 Å². The molecule has 1 heterocycles. The van der Waals surface area contributed by atoms with E-state index in [1.165, 1.54) is 12.1 Å². The average Bonchev–Trinajstić information content (AvgIpc) is 3.09. The molecule has 1 amide bonds. The molecule has 4 aromatic rings. The van der Waals surface area contributed by atoms with E-state index >= 15 is 0 Å². The van der Waals surface area contributed by atoms with Crippen molar-refractivity contribution in [2.45, 2.75) is 23.6 Å². The van der Waals surface area contributed by atoms with Crippen LogP contribution in [0.4, 0.5) is 5.69 Å². The van der Waals surface area contributed by atoms with Gasteiger partial charge in [-0.25, -0.2) is 8.42 Å². The number of amides is 1. The Morgan fingerprint density at radius 2 is 1.66 bits per heavy atom. The zero-order valence-corrected chi connectivity index (χ0v) is 19.2. The first-order valence-electron chi connectivity index (χ1n) is 9.77. The number of benzene rings is 3. The van der Waals surface area contributed by atoms with Gasteiger partial charge in [0, 0.05) is 23.7 Å². The molecule has 0 fully saturated rings. The number of nitrogens with one attached hydrogen (secondary N) is 1. The molecule has 0 saturated heterocycles. The number of carbonyl (C=O) groups is 1. The third kappa shape index (κ3) is 5.09. The number of fused-ring (bicyclic) bond motifs is 1. The molecule has 6 nitrogen and oxygen atoms in total. The number of sulfone groups is 1. The first kappa shape index (κ1) is 22.3. The lowest BCUT2D eigenvalue weighted by Gasteiger charge is -2.08. The SMILES string of the molecule is O=C(CCn1c(=O)sc2ccccc21)Nc1ccc(S(=O)(=O)Cc2ccc(Cl)cc2)cc1. The highest BCUT2D eigenvalue weighted by atomic mass is 35.5. The van der Waals surface area contributed by atoms with Gasteiger partial charge in [-0.15, -0.1) is 0 Å². The highest BCUT2D eigenvalue weighted by molar-refractivity contribution is 7.90. The number of carbonyl (C=O) groups excluding carboxylic acids is 1. The maximum Gasteiger partial charge on any atom is 0.308 e. The Kier molecular flexibility index (Phi) is 6.45. The summed E-state index contributed by atoms with van der Waals surface area (Å²) in [5.74, 6) is -0.400. The lowest BCUT2D eigenvalue weighted by atomic mass is 10.2. The molecule has 0 atom stereocenters. The fourth-order valence-corrected chi connectivity index (χ4v) is 5.68. The molecule has 32 heavy (non-hydrogen) atoms. The fourth-order valence-electron chi connectivity index (χ4n) is 3.29. The van der Waals surface area contributed by atoms with Crippen molar-refractivity contribution in [2.75, 3.05) is 5.32 Å². The van der Waals surface area contributed by atoms with Crippen LogP contribution in [0.5, 0.6) is 0 Å². The van der Waals surface area contributed by atoms with Gasteiger partial charge in [0.05, 0.1) is 20.9 Å². The van der Waals surface area contributed by atoms with E-state index < -0.39 is 9.84 Å². The van der Waals surface area contributed by atoms with Gasteiger partial charge in [-0.3, -0.25) is 14.2 Å². The number of aryl methyl sites for hydroxylation is 1. The molecular weight excluding hydrogens is 468 g/mol. The third-order valence-corrected chi connectivity index (χ3v) is 7.82. The monoisotopic (exact) mass is 486 g/mol. The van der Waals surface area contributed by atoms with Crippen LogP contribution in [0.1, 0.15) is 12.0 Å². The number of anilines is 1. The van der Waals surface area contributed by atoms with Crippen LogP contribution < -0.4 is 10.2 Å². The number of hydrogen-bond donors (Lipinski definition) is 1. The van der Waals surface area contributed by atoms with Gasteiger partial charge in [-0.05, 0) is 54.1 Å². The molecule has 0 bridgehead atoms. The molecular formula is C23H19ClN2O4S2. The standard InChI is InChI=1S/C23H19ClN2O4S2/c24-17-7-5-16(6-8-17)15-32(29,30)19-11-9-18(10-12-19)25-22(27)13-14-26-20-3-1-2-4-21(20)31-23(26)28/h1-12H,13-15H2,(H,25,27). The van der Waals surface area contributed by atoms with Crippen molar-refractivity contribution in [2.24, 2.45) is 0 Å². The number of thiazole rings is 1. The van der Waals surface area contributed by atoms with E-state index in [2.05, 4.69) is 5.32 Å². The highest BCUT2D eigenvalue weighted by Gasteiger charge is 2.16. The number of hydrogen-bond acceptors (Lipinski definition) is 5. The molecule has 0 spiro atoms. The topological polar surface area (TPSA) is 85.2 Å². The average molecular weight is 487 g/mol. The number of rotatable bonds is 7. The number of nitrogens with zero attached hydrogens (tertiary/aromatic N) is 1. The quantitative estimate of drug-likeness (QED) is 0.409. The van der Waals surface area contributed by atoms with Gasteiger partial charge < -0.3 is 5.32 Å². The van der Waals surface area contributed by atoms with Gasteiger partial charge in [-0.1, -0.05) is 47.2 Å². The van der Waals surface area contributed by atoms with E-state index in [9.17, 15) is 18.0 Å². The second kappa shape index (κ2) is 9.28. The lowest BCUT2D eigenvalue weighted by molar-refractivity contribution is -0.116. The molecule has 0 saturated carbocycles. The Bertz CT molecular complexity index is 1420. The summed E-state index contributed by atoms with van der Waals surface area (Å²) in [6.07, 6.45) is 0.122. The zero-order valence-electron chi connectivity index (χ0n) is 16.8. The number of aromatic nitrogens is 1. The number of para-hydroxylation sites is 1. The van der Waals surface area contributed by atoms with Gasteiger partial charge in [0.15, 0.2) is 9.84 Å². The van der Waals surface area contributed by atoms with Crippen LogP contribution in [-0.2, 0) is 26.9 Å². The van der Waals surface area contributed by atoms with Crippen LogP contribution >= 0.6 is 22.9 Å². The van der Waals surface area contributed by atoms with Gasteiger partial charge in [0.2, 0.25) is 5.91 Å². The normalized spacial score (nSPS) is 11.5. The summed E-state index contributed by atoms with van der Waals surface area (Å²) in [6, 6.07) is 20.2. The van der Waals surface area contributed by atoms with Crippen LogP contribution in [0.3, 0.4) is 0 Å². The zero-order chi connectivity index (χ0) is 22.7. The summed E-state index contributed by atoms with van der Waals surface area (Å²) in [4.78, 5) is 24.6. The lowest BCUT2D eigenvalue weighted by Crippen LogP contribution is -2.19. The highest BCUT2D eigenvalue weighted by Crippen LogP contribution is 2.21. The Morgan fingerprint density at radius 3 is 2.38 bits per heavy atom. The summed E-state index contributed by atoms with van der Waals surface area (Å²) in [7, 11) is -3.53. The molecule has 0 aliphatic carbocycles. The Labute approximate surface area is 194 Å². The van der Waals surface area contributed by atoms with E-state index in [-0.39, 0.29) is 34.4 Å². The molecule has 1 aromatic heterocycles. The van der Waals surface area contributed by atoms with Crippen LogP contribution in [0.15, 0.2) is 82.5 Å². The summed E-state index contributed by atoms with van der Waals surface area (Å²) in [5.41, 5.74) is 1.94. The van der Waals surface area contributed by atoms with E-state index in [1.54, 1.807) is 41.0 Å². The smallest absolute Gasteiger partial charge is 0.308 e. The first-order valence-corrected chi connectivity index (χ1v) is 12.6. The predicted molar refractivity (Wildman–Crippen MR) is 128 cm³/mol. The van der Waals surface area contributed by atoms with Crippen LogP contribution in [0.2, 0.25) is 5.02 Å². The van der Waals surface area contributed by atoms with Crippen LogP contribution in [-0.4, -0.2) is 18.9 Å². The molecule has 0 aliphatic rings. The summed E-state index contributed by atoms with van der Waals surface area (Å²) < 4.78 is 27.8.